The van der Waals surface area contributed by atoms with Crippen molar-refractivity contribution in [2.45, 2.75) is 19.4 Å². The van der Waals surface area contributed by atoms with E-state index in [-0.39, 0.29) is 6.04 Å². The van der Waals surface area contributed by atoms with Crippen LogP contribution in [0.4, 0.5) is 5.69 Å². The van der Waals surface area contributed by atoms with E-state index >= 15 is 0 Å². The number of aromatic nitrogens is 3. The molecule has 27 heavy (non-hydrogen) atoms. The molecule has 0 bridgehead atoms. The van der Waals surface area contributed by atoms with Crippen molar-refractivity contribution in [3.05, 3.63) is 78.2 Å². The summed E-state index contributed by atoms with van der Waals surface area (Å²) in [5.74, 6) is 0. The van der Waals surface area contributed by atoms with Gasteiger partial charge in [-0.1, -0.05) is 36.4 Å². The second-order valence-electron chi connectivity index (χ2n) is 6.81. The second-order valence-corrected chi connectivity index (χ2v) is 6.81. The number of nitrogens with zero attached hydrogens (tertiary/aromatic N) is 2. The molecule has 1 atom stereocenters. The minimum Gasteiger partial charge on any atom is -0.379 e. The Bertz CT molecular complexity index is 1040. The lowest BCUT2D eigenvalue weighted by atomic mass is 10.0. The van der Waals surface area contributed by atoms with Gasteiger partial charge in [0.25, 0.3) is 0 Å². The minimum absolute atomic E-state index is 0.156. The number of hydrogen-bond acceptors (Lipinski definition) is 4. The highest BCUT2D eigenvalue weighted by Crippen LogP contribution is 2.26. The smallest absolute Gasteiger partial charge is 0.0924 e. The minimum atomic E-state index is 0.156. The molecule has 0 spiro atoms. The van der Waals surface area contributed by atoms with Crippen molar-refractivity contribution in [1.29, 1.82) is 0 Å². The van der Waals surface area contributed by atoms with Crippen molar-refractivity contribution in [2.24, 2.45) is 5.73 Å². The average molecular weight is 357 g/mol. The van der Waals surface area contributed by atoms with Gasteiger partial charge in [0.15, 0.2) is 0 Å². The van der Waals surface area contributed by atoms with E-state index in [0.717, 1.165) is 39.8 Å². The summed E-state index contributed by atoms with van der Waals surface area (Å²) in [6.45, 7) is 2.59. The fraction of sp³-hybridized carbons (Fsp3) is 0.182. The maximum Gasteiger partial charge on any atom is 0.0924 e. The van der Waals surface area contributed by atoms with E-state index in [9.17, 15) is 0 Å². The Morgan fingerprint density at radius 2 is 1.89 bits per heavy atom. The SMILES string of the molecule is Cc1[nH]nc2ccc(-c3cncc(NC(CN)Cc4ccccc4)c3)cc12. The van der Waals surface area contributed by atoms with Crippen LogP contribution < -0.4 is 11.1 Å². The first-order chi connectivity index (χ1) is 13.2. The molecule has 1 unspecified atom stereocenters. The number of anilines is 1. The van der Waals surface area contributed by atoms with E-state index in [4.69, 9.17) is 5.73 Å². The first-order valence-corrected chi connectivity index (χ1v) is 9.13. The Balaban J connectivity index is 1.56. The topological polar surface area (TPSA) is 79.6 Å². The van der Waals surface area contributed by atoms with Crippen molar-refractivity contribution in [1.82, 2.24) is 15.2 Å². The van der Waals surface area contributed by atoms with Crippen molar-refractivity contribution in [3.63, 3.8) is 0 Å². The average Bonchev–Trinajstić information content (AvgIpc) is 3.09. The van der Waals surface area contributed by atoms with E-state index in [1.165, 1.54) is 5.56 Å². The number of nitrogens with one attached hydrogen (secondary N) is 2. The molecule has 0 aliphatic carbocycles. The van der Waals surface area contributed by atoms with E-state index in [1.54, 1.807) is 0 Å². The quantitative estimate of drug-likeness (QED) is 0.489. The molecule has 0 saturated heterocycles. The van der Waals surface area contributed by atoms with Gasteiger partial charge in [-0.25, -0.2) is 0 Å². The number of pyridine rings is 1. The zero-order valence-corrected chi connectivity index (χ0v) is 15.3. The summed E-state index contributed by atoms with van der Waals surface area (Å²) in [5.41, 5.74) is 12.5. The number of rotatable bonds is 6. The molecule has 4 aromatic rings. The van der Waals surface area contributed by atoms with Crippen LogP contribution in [0.3, 0.4) is 0 Å². The molecule has 2 aromatic heterocycles. The monoisotopic (exact) mass is 357 g/mol. The number of H-pyrrole nitrogens is 1. The molecule has 4 N–H and O–H groups in total. The molecule has 5 heteroatoms. The number of fused-ring (bicyclic) bond motifs is 1. The fourth-order valence-corrected chi connectivity index (χ4v) is 3.32. The third-order valence-electron chi connectivity index (χ3n) is 4.80. The van der Waals surface area contributed by atoms with Gasteiger partial charge in [-0.05, 0) is 42.7 Å². The van der Waals surface area contributed by atoms with Crippen LogP contribution in [0.15, 0.2) is 67.0 Å². The summed E-state index contributed by atoms with van der Waals surface area (Å²) in [5, 5.41) is 12.0. The van der Waals surface area contributed by atoms with Crippen molar-refractivity contribution in [3.8, 4) is 11.1 Å². The molecule has 2 heterocycles. The van der Waals surface area contributed by atoms with E-state index in [0.29, 0.717) is 6.54 Å². The molecule has 0 aliphatic rings. The molecule has 0 fully saturated rings. The van der Waals surface area contributed by atoms with Crippen LogP contribution in [0, 0.1) is 6.92 Å². The lowest BCUT2D eigenvalue weighted by molar-refractivity contribution is 0.723. The van der Waals surface area contributed by atoms with Crippen LogP contribution in [0.25, 0.3) is 22.0 Å². The van der Waals surface area contributed by atoms with Crippen molar-refractivity contribution >= 4 is 16.6 Å². The molecule has 136 valence electrons. The van der Waals surface area contributed by atoms with Crippen molar-refractivity contribution < 1.29 is 0 Å². The molecule has 4 rings (SSSR count). The Kier molecular flexibility index (Phi) is 4.85. The van der Waals surface area contributed by atoms with Crippen LogP contribution in [-0.4, -0.2) is 27.8 Å². The number of hydrogen-bond donors (Lipinski definition) is 3. The lowest BCUT2D eigenvalue weighted by Crippen LogP contribution is -2.31. The fourth-order valence-electron chi connectivity index (χ4n) is 3.32. The zero-order chi connectivity index (χ0) is 18.6. The first-order valence-electron chi connectivity index (χ1n) is 9.13. The third kappa shape index (κ3) is 3.83. The molecular weight excluding hydrogens is 334 g/mol. The Labute approximate surface area is 158 Å². The molecule has 0 radical (unpaired) electrons. The van der Waals surface area contributed by atoms with Gasteiger partial charge in [-0.2, -0.15) is 5.10 Å². The van der Waals surface area contributed by atoms with Crippen LogP contribution >= 0.6 is 0 Å². The summed E-state index contributed by atoms with van der Waals surface area (Å²) in [7, 11) is 0. The predicted molar refractivity (Wildman–Crippen MR) is 111 cm³/mol. The largest absolute Gasteiger partial charge is 0.379 e. The molecule has 0 amide bonds. The maximum atomic E-state index is 5.99. The summed E-state index contributed by atoms with van der Waals surface area (Å²) < 4.78 is 0. The van der Waals surface area contributed by atoms with E-state index < -0.39 is 0 Å². The highest BCUT2D eigenvalue weighted by molar-refractivity contribution is 5.86. The maximum absolute atomic E-state index is 5.99. The van der Waals surface area contributed by atoms with Gasteiger partial charge >= 0.3 is 0 Å². The first kappa shape index (κ1) is 17.2. The highest BCUT2D eigenvalue weighted by atomic mass is 15.1. The van der Waals surface area contributed by atoms with Crippen LogP contribution in [0.1, 0.15) is 11.3 Å². The van der Waals surface area contributed by atoms with Crippen molar-refractivity contribution in [2.75, 3.05) is 11.9 Å². The molecule has 0 aliphatic heterocycles. The zero-order valence-electron chi connectivity index (χ0n) is 15.3. The number of aryl methyl sites for hydroxylation is 1. The normalized spacial score (nSPS) is 12.2. The Hall–Kier alpha value is -3.18. The lowest BCUT2D eigenvalue weighted by Gasteiger charge is -2.18. The summed E-state index contributed by atoms with van der Waals surface area (Å²) >= 11 is 0. The number of benzene rings is 2. The number of nitrogens with two attached hydrogens (primary N) is 1. The van der Waals surface area contributed by atoms with Gasteiger partial charge in [-0.3, -0.25) is 10.1 Å². The summed E-state index contributed by atoms with van der Waals surface area (Å²) in [6.07, 6.45) is 4.61. The standard InChI is InChI=1S/C22H23N5/c1-15-21-11-17(7-8-22(21)27-26-15)18-10-20(14-24-13-18)25-19(12-23)9-16-5-3-2-4-6-16/h2-8,10-11,13-14,19,25H,9,12,23H2,1H3,(H,26,27). The van der Waals surface area contributed by atoms with Crippen LogP contribution in [-0.2, 0) is 6.42 Å². The third-order valence-corrected chi connectivity index (χ3v) is 4.80. The molecule has 2 aromatic carbocycles. The number of aromatic amines is 1. The predicted octanol–water partition coefficient (Wildman–Crippen LogP) is 3.92. The summed E-state index contributed by atoms with van der Waals surface area (Å²) in [4.78, 5) is 4.42. The van der Waals surface area contributed by atoms with Gasteiger partial charge < -0.3 is 11.1 Å². The Morgan fingerprint density at radius 1 is 1.04 bits per heavy atom. The van der Waals surface area contributed by atoms with E-state index in [1.807, 2.05) is 31.5 Å². The highest BCUT2D eigenvalue weighted by Gasteiger charge is 2.10. The van der Waals surface area contributed by atoms with Crippen LogP contribution in [0.2, 0.25) is 0 Å². The Morgan fingerprint density at radius 3 is 2.70 bits per heavy atom. The van der Waals surface area contributed by atoms with Gasteiger partial charge in [0, 0.05) is 41.6 Å². The van der Waals surface area contributed by atoms with Gasteiger partial charge in [0.05, 0.1) is 11.2 Å². The van der Waals surface area contributed by atoms with Gasteiger partial charge in [0.1, 0.15) is 0 Å². The molecule has 0 saturated carbocycles. The molecule has 5 nitrogen and oxygen atoms in total. The second kappa shape index (κ2) is 7.60. The molecular formula is C22H23N5. The van der Waals surface area contributed by atoms with E-state index in [2.05, 4.69) is 63.0 Å². The van der Waals surface area contributed by atoms with Gasteiger partial charge in [-0.15, -0.1) is 0 Å². The van der Waals surface area contributed by atoms with Gasteiger partial charge in [0.2, 0.25) is 0 Å². The van der Waals surface area contributed by atoms with Crippen LogP contribution in [0.5, 0.6) is 0 Å². The summed E-state index contributed by atoms with van der Waals surface area (Å²) in [6, 6.07) is 18.9.